The van der Waals surface area contributed by atoms with E-state index >= 15 is 0 Å². The zero-order valence-corrected chi connectivity index (χ0v) is 30.7. The number of fused-ring (bicyclic) bond motifs is 2. The van der Waals surface area contributed by atoms with Crippen molar-refractivity contribution in [3.05, 3.63) is 34.9 Å². The SMILES string of the molecule is CCCCCCCCS(=O)(=O)NCC(C)(C)c1nnc2n1N=C(C(C)(C)C)C2=Nc1cc2c(cc1C)N(CCO)C(C)(C)CC2C. The Labute approximate surface area is 277 Å². The summed E-state index contributed by atoms with van der Waals surface area (Å²) in [5.74, 6) is 1.62. The quantitative estimate of drug-likeness (QED) is 0.221. The molecule has 0 aliphatic carbocycles. The molecular formula is C35H57N7O3S. The topological polar surface area (TPSA) is 125 Å². The number of aliphatic imine (C=N–C) groups is 1. The molecule has 0 saturated heterocycles. The predicted octanol–water partition coefficient (Wildman–Crippen LogP) is 6.61. The summed E-state index contributed by atoms with van der Waals surface area (Å²) in [6, 6.07) is 4.38. The van der Waals surface area contributed by atoms with Crippen LogP contribution in [0.2, 0.25) is 0 Å². The van der Waals surface area contributed by atoms with Crippen LogP contribution in [0.15, 0.2) is 22.2 Å². The van der Waals surface area contributed by atoms with Gasteiger partial charge in [-0.05, 0) is 62.8 Å². The first-order valence-electron chi connectivity index (χ1n) is 17.1. The zero-order chi connectivity index (χ0) is 34.1. The minimum absolute atomic E-state index is 0.0609. The Kier molecular flexibility index (Phi) is 10.9. The Morgan fingerprint density at radius 2 is 1.74 bits per heavy atom. The van der Waals surface area contributed by atoms with Crippen molar-refractivity contribution in [2.45, 2.75) is 131 Å². The molecular weight excluding hydrogens is 598 g/mol. The molecule has 0 saturated carbocycles. The number of sulfonamides is 1. The molecule has 0 fully saturated rings. The maximum atomic E-state index is 12.8. The third-order valence-corrected chi connectivity index (χ3v) is 10.8. The number of aryl methyl sites for hydroxylation is 1. The molecule has 1 atom stereocenters. The second-order valence-electron chi connectivity index (χ2n) is 15.6. The maximum absolute atomic E-state index is 12.8. The Balaban J connectivity index is 1.63. The van der Waals surface area contributed by atoms with Gasteiger partial charge in [-0.3, -0.25) is 0 Å². The van der Waals surface area contributed by atoms with E-state index in [1.54, 1.807) is 4.68 Å². The van der Waals surface area contributed by atoms with E-state index in [9.17, 15) is 13.5 Å². The van der Waals surface area contributed by atoms with Crippen molar-refractivity contribution in [1.29, 1.82) is 0 Å². The van der Waals surface area contributed by atoms with Crippen LogP contribution in [0.5, 0.6) is 0 Å². The standard InChI is InChI=1S/C35H57N7O3S/c1-11-12-13-14-15-16-19-46(44,45)36-23-34(7,8)32-39-38-31-29(30(33(4,5)6)40-42(31)32)37-27-21-26-25(3)22-35(9,10)41(17-18-43)28(26)20-24(27)2/h20-21,25,36,43H,11-19,22-23H2,1-10H3. The summed E-state index contributed by atoms with van der Waals surface area (Å²) in [7, 11) is -3.41. The van der Waals surface area contributed by atoms with Gasteiger partial charge in [0.25, 0.3) is 0 Å². The second-order valence-corrected chi connectivity index (χ2v) is 17.5. The number of benzene rings is 1. The smallest absolute Gasteiger partial charge is 0.211 e. The number of aromatic nitrogens is 3. The third kappa shape index (κ3) is 7.90. The summed E-state index contributed by atoms with van der Waals surface area (Å²) in [5, 5.41) is 23.9. The lowest BCUT2D eigenvalue weighted by atomic mass is 9.79. The van der Waals surface area contributed by atoms with Crippen LogP contribution in [0.4, 0.5) is 11.4 Å². The highest BCUT2D eigenvalue weighted by molar-refractivity contribution is 7.89. The summed E-state index contributed by atoms with van der Waals surface area (Å²) in [6.45, 7) is 22.1. The first-order chi connectivity index (χ1) is 21.4. The van der Waals surface area contributed by atoms with Gasteiger partial charge in [-0.2, -0.15) is 9.78 Å². The minimum atomic E-state index is -3.41. The van der Waals surface area contributed by atoms with Gasteiger partial charge in [0.15, 0.2) is 5.82 Å². The molecule has 3 heterocycles. The molecule has 0 bridgehead atoms. The number of aliphatic hydroxyl groups is 1. The molecule has 11 heteroatoms. The Hall–Kier alpha value is -2.63. The van der Waals surface area contributed by atoms with Crippen LogP contribution >= 0.6 is 0 Å². The van der Waals surface area contributed by atoms with E-state index in [4.69, 9.17) is 10.1 Å². The van der Waals surface area contributed by atoms with Gasteiger partial charge in [0.2, 0.25) is 15.8 Å². The van der Waals surface area contributed by atoms with Gasteiger partial charge < -0.3 is 10.0 Å². The number of aliphatic hydroxyl groups excluding tert-OH is 1. The fourth-order valence-electron chi connectivity index (χ4n) is 6.71. The number of hydrogen-bond acceptors (Lipinski definition) is 8. The molecule has 10 nitrogen and oxygen atoms in total. The lowest BCUT2D eigenvalue weighted by Crippen LogP contribution is -2.49. The van der Waals surface area contributed by atoms with E-state index in [1.807, 2.05) is 13.8 Å². The van der Waals surface area contributed by atoms with Crippen LogP contribution in [-0.2, 0) is 15.4 Å². The van der Waals surface area contributed by atoms with Crippen LogP contribution in [0, 0.1) is 12.3 Å². The van der Waals surface area contributed by atoms with Crippen molar-refractivity contribution >= 4 is 32.8 Å². The van der Waals surface area contributed by atoms with E-state index in [1.165, 1.54) is 18.4 Å². The summed E-state index contributed by atoms with van der Waals surface area (Å²) in [5.41, 5.74) is 4.72. The summed E-state index contributed by atoms with van der Waals surface area (Å²) in [6.07, 6.45) is 7.16. The van der Waals surface area contributed by atoms with Crippen molar-refractivity contribution in [1.82, 2.24) is 19.6 Å². The first kappa shape index (κ1) is 36.2. The zero-order valence-electron chi connectivity index (χ0n) is 29.9. The number of nitrogens with zero attached hydrogens (tertiary/aromatic N) is 6. The van der Waals surface area contributed by atoms with Gasteiger partial charge in [0, 0.05) is 35.1 Å². The molecule has 1 unspecified atom stereocenters. The van der Waals surface area contributed by atoms with E-state index in [-0.39, 0.29) is 29.9 Å². The monoisotopic (exact) mass is 655 g/mol. The fraction of sp³-hybridized carbons (Fsp3) is 0.714. The number of nitrogens with one attached hydrogen (secondary N) is 1. The van der Waals surface area contributed by atoms with Crippen LogP contribution in [0.3, 0.4) is 0 Å². The van der Waals surface area contributed by atoms with Gasteiger partial charge in [0.1, 0.15) is 5.71 Å². The highest BCUT2D eigenvalue weighted by Gasteiger charge is 2.40. The third-order valence-electron chi connectivity index (χ3n) is 9.35. The van der Waals surface area contributed by atoms with Crippen molar-refractivity contribution in [3.8, 4) is 0 Å². The molecule has 2 aliphatic heterocycles. The molecule has 1 aromatic carbocycles. The molecule has 256 valence electrons. The number of anilines is 1. The summed E-state index contributed by atoms with van der Waals surface area (Å²) >= 11 is 0. The van der Waals surface area contributed by atoms with E-state index in [2.05, 4.69) is 87.3 Å². The minimum Gasteiger partial charge on any atom is -0.395 e. The fourth-order valence-corrected chi connectivity index (χ4v) is 8.01. The highest BCUT2D eigenvalue weighted by Crippen LogP contribution is 2.46. The highest BCUT2D eigenvalue weighted by atomic mass is 32.2. The van der Waals surface area contributed by atoms with Crippen molar-refractivity contribution in [3.63, 3.8) is 0 Å². The van der Waals surface area contributed by atoms with Gasteiger partial charge in [0.05, 0.1) is 23.8 Å². The van der Waals surface area contributed by atoms with Crippen LogP contribution in [0.1, 0.15) is 136 Å². The van der Waals surface area contributed by atoms with E-state index in [0.29, 0.717) is 36.2 Å². The second kappa shape index (κ2) is 13.8. The lowest BCUT2D eigenvalue weighted by molar-refractivity contribution is 0.277. The van der Waals surface area contributed by atoms with Crippen molar-refractivity contribution in [2.24, 2.45) is 15.5 Å². The number of hydrogen-bond donors (Lipinski definition) is 2. The average Bonchev–Trinajstić information content (AvgIpc) is 3.53. The molecule has 0 spiro atoms. The van der Waals surface area contributed by atoms with Gasteiger partial charge in [-0.1, -0.05) is 80.6 Å². The van der Waals surface area contributed by atoms with Crippen LogP contribution in [0.25, 0.3) is 0 Å². The molecule has 2 aliphatic rings. The van der Waals surface area contributed by atoms with Crippen molar-refractivity contribution < 1.29 is 13.5 Å². The van der Waals surface area contributed by atoms with Crippen molar-refractivity contribution in [2.75, 3.05) is 30.3 Å². The molecule has 1 aromatic heterocycles. The molecule has 0 amide bonds. The lowest BCUT2D eigenvalue weighted by Gasteiger charge is -2.47. The maximum Gasteiger partial charge on any atom is 0.211 e. The first-order valence-corrected chi connectivity index (χ1v) is 18.7. The van der Waals surface area contributed by atoms with Crippen LogP contribution in [-0.4, -0.2) is 70.8 Å². The predicted molar refractivity (Wildman–Crippen MR) is 189 cm³/mol. The Bertz CT molecular complexity index is 1560. The summed E-state index contributed by atoms with van der Waals surface area (Å²) in [4.78, 5) is 7.54. The van der Waals surface area contributed by atoms with Gasteiger partial charge in [-0.25, -0.2) is 18.1 Å². The van der Waals surface area contributed by atoms with E-state index < -0.39 is 15.4 Å². The average molecular weight is 656 g/mol. The molecule has 2 aromatic rings. The number of β-amino-alcohol motifs (C(OH)–C–C–N with tert-alkyl or cyclic N) is 1. The molecule has 2 N–H and O–H groups in total. The van der Waals surface area contributed by atoms with Gasteiger partial charge >= 0.3 is 0 Å². The number of unbranched alkanes of at least 4 members (excludes halogenated alkanes) is 5. The molecule has 46 heavy (non-hydrogen) atoms. The molecule has 4 rings (SSSR count). The van der Waals surface area contributed by atoms with Crippen LogP contribution < -0.4 is 9.62 Å². The normalized spacial score (nSPS) is 19.0. The summed E-state index contributed by atoms with van der Waals surface area (Å²) < 4.78 is 30.3. The van der Waals surface area contributed by atoms with Gasteiger partial charge in [-0.15, -0.1) is 10.2 Å². The Morgan fingerprint density at radius 1 is 1.07 bits per heavy atom. The molecule has 0 radical (unpaired) electrons. The largest absolute Gasteiger partial charge is 0.395 e. The Morgan fingerprint density at radius 3 is 2.39 bits per heavy atom. The number of rotatable bonds is 14. The van der Waals surface area contributed by atoms with E-state index in [0.717, 1.165) is 48.3 Å².